The smallest absolute Gasteiger partial charge is 0.490 e. The number of hydrogen-bond acceptors (Lipinski definition) is 4. The molecule has 4 aliphatic carbocycles. The van der Waals surface area contributed by atoms with Crippen LogP contribution in [0, 0.1) is 23.2 Å². The predicted molar refractivity (Wildman–Crippen MR) is 143 cm³/mol. The SMILES string of the molecule is N=C(N)NCc1cc(C=CC(=O)O)ccc1-c1ccc(O)c(C23CC4CC(CC(C4)C2)C3)c1.O=C(O)C(F)(F)F. The molecule has 0 aliphatic heterocycles. The second-order valence-corrected chi connectivity index (χ2v) is 11.1. The normalized spacial score (nSPS) is 24.8. The van der Waals surface area contributed by atoms with Crippen LogP contribution in [0.4, 0.5) is 13.2 Å². The van der Waals surface area contributed by atoms with Crippen molar-refractivity contribution in [2.45, 2.75) is 56.7 Å². The molecule has 7 N–H and O–H groups in total. The molecule has 2 aromatic rings. The van der Waals surface area contributed by atoms with E-state index in [0.717, 1.165) is 51.6 Å². The first-order chi connectivity index (χ1) is 18.8. The number of alkyl halides is 3. The lowest BCUT2D eigenvalue weighted by atomic mass is 9.48. The summed E-state index contributed by atoms with van der Waals surface area (Å²) in [6.07, 6.45) is 5.17. The van der Waals surface area contributed by atoms with E-state index in [4.69, 9.17) is 26.2 Å². The Morgan fingerprint density at radius 2 is 1.60 bits per heavy atom. The van der Waals surface area contributed by atoms with Crippen molar-refractivity contribution in [3.8, 4) is 16.9 Å². The fourth-order valence-electron chi connectivity index (χ4n) is 7.07. The summed E-state index contributed by atoms with van der Waals surface area (Å²) in [4.78, 5) is 19.8. The van der Waals surface area contributed by atoms with Crippen LogP contribution in [0.25, 0.3) is 17.2 Å². The monoisotopic (exact) mass is 559 g/mol. The van der Waals surface area contributed by atoms with Gasteiger partial charge in [0.15, 0.2) is 5.96 Å². The Hall–Kier alpha value is -4.02. The number of carbonyl (C=O) groups is 2. The third-order valence-electron chi connectivity index (χ3n) is 8.18. The number of halogens is 3. The molecular formula is C29H32F3N3O5. The highest BCUT2D eigenvalue weighted by molar-refractivity contribution is 5.85. The van der Waals surface area contributed by atoms with E-state index in [1.54, 1.807) is 6.08 Å². The van der Waals surface area contributed by atoms with Crippen molar-refractivity contribution in [2.24, 2.45) is 23.5 Å². The lowest BCUT2D eigenvalue weighted by molar-refractivity contribution is -0.192. The van der Waals surface area contributed by atoms with Gasteiger partial charge in [-0.15, -0.1) is 0 Å². The highest BCUT2D eigenvalue weighted by Gasteiger charge is 2.52. The Bertz CT molecular complexity index is 1300. The maximum atomic E-state index is 10.9. The minimum absolute atomic E-state index is 0.0802. The number of aliphatic carboxylic acids is 2. The number of nitrogens with two attached hydrogens (primary N) is 1. The maximum Gasteiger partial charge on any atom is 0.490 e. The number of guanidine groups is 1. The van der Waals surface area contributed by atoms with Crippen LogP contribution in [-0.2, 0) is 21.5 Å². The summed E-state index contributed by atoms with van der Waals surface area (Å²) in [6.45, 7) is 0.354. The molecule has 6 rings (SSSR count). The number of aromatic hydroxyl groups is 1. The van der Waals surface area contributed by atoms with Crippen molar-refractivity contribution < 1.29 is 38.1 Å². The summed E-state index contributed by atoms with van der Waals surface area (Å²) in [7, 11) is 0. The van der Waals surface area contributed by atoms with E-state index in [0.29, 0.717) is 12.3 Å². The van der Waals surface area contributed by atoms with Crippen molar-refractivity contribution >= 4 is 24.0 Å². The molecule has 4 saturated carbocycles. The van der Waals surface area contributed by atoms with Crippen LogP contribution < -0.4 is 11.1 Å². The second-order valence-electron chi connectivity index (χ2n) is 11.1. The molecule has 11 heteroatoms. The molecule has 214 valence electrons. The van der Waals surface area contributed by atoms with E-state index >= 15 is 0 Å². The molecule has 2 aromatic carbocycles. The summed E-state index contributed by atoms with van der Waals surface area (Å²) in [6, 6.07) is 11.7. The molecule has 4 fully saturated rings. The van der Waals surface area contributed by atoms with Crippen molar-refractivity contribution in [1.29, 1.82) is 5.41 Å². The number of carboxylic acid groups (broad SMARTS) is 2. The number of nitrogens with one attached hydrogen (secondary N) is 2. The minimum Gasteiger partial charge on any atom is -0.508 e. The molecule has 0 radical (unpaired) electrons. The highest BCUT2D eigenvalue weighted by atomic mass is 19.4. The Morgan fingerprint density at radius 1 is 1.02 bits per heavy atom. The zero-order valence-electron chi connectivity index (χ0n) is 21.7. The average Bonchev–Trinajstić information content (AvgIpc) is 2.85. The van der Waals surface area contributed by atoms with Crippen molar-refractivity contribution in [2.75, 3.05) is 0 Å². The molecule has 0 atom stereocenters. The Morgan fingerprint density at radius 3 is 2.10 bits per heavy atom. The maximum absolute atomic E-state index is 10.9. The van der Waals surface area contributed by atoms with Gasteiger partial charge < -0.3 is 26.4 Å². The van der Waals surface area contributed by atoms with Crippen LogP contribution in [0.1, 0.15) is 55.2 Å². The third kappa shape index (κ3) is 6.57. The van der Waals surface area contributed by atoms with Crippen molar-refractivity contribution in [3.63, 3.8) is 0 Å². The Kier molecular flexibility index (Phi) is 8.13. The van der Waals surface area contributed by atoms with Crippen LogP contribution in [0.15, 0.2) is 42.5 Å². The quantitative estimate of drug-likeness (QED) is 0.161. The van der Waals surface area contributed by atoms with E-state index in [1.807, 2.05) is 30.3 Å². The molecular weight excluding hydrogens is 527 g/mol. The van der Waals surface area contributed by atoms with Gasteiger partial charge in [-0.25, -0.2) is 9.59 Å². The average molecular weight is 560 g/mol. The summed E-state index contributed by atoms with van der Waals surface area (Å²) >= 11 is 0. The first-order valence-corrected chi connectivity index (χ1v) is 13.0. The van der Waals surface area contributed by atoms with Crippen LogP contribution in [0.3, 0.4) is 0 Å². The van der Waals surface area contributed by atoms with Crippen LogP contribution in [0.2, 0.25) is 0 Å². The van der Waals surface area contributed by atoms with E-state index in [-0.39, 0.29) is 11.4 Å². The van der Waals surface area contributed by atoms with E-state index < -0.39 is 18.1 Å². The Labute approximate surface area is 229 Å². The van der Waals surface area contributed by atoms with Gasteiger partial charge in [0.1, 0.15) is 5.75 Å². The number of phenolic OH excluding ortho intramolecular Hbond substituents is 1. The van der Waals surface area contributed by atoms with Gasteiger partial charge in [0.2, 0.25) is 0 Å². The number of benzene rings is 2. The predicted octanol–water partition coefficient (Wildman–Crippen LogP) is 5.24. The van der Waals surface area contributed by atoms with Gasteiger partial charge in [0.05, 0.1) is 0 Å². The summed E-state index contributed by atoms with van der Waals surface area (Å²) < 4.78 is 31.7. The standard InChI is InChI=1S/C27H31N3O3.C2HF3O2/c28-26(29)30-15-21-10-16(2-6-25(32)33)1-4-22(21)20-3-5-24(31)23(11-20)27-12-17-7-18(13-27)9-19(8-17)14-27;3-2(4,5)1(6)7/h1-6,10-11,17-19,31H,7-9,12-15H2,(H,32,33)(H4,28,29,30);(H,6,7). The van der Waals surface area contributed by atoms with E-state index in [1.165, 1.54) is 38.5 Å². The molecule has 0 unspecified atom stereocenters. The van der Waals surface area contributed by atoms with E-state index in [2.05, 4.69) is 11.4 Å². The van der Waals surface area contributed by atoms with Crippen LogP contribution in [0.5, 0.6) is 5.75 Å². The molecule has 8 nitrogen and oxygen atoms in total. The first-order valence-electron chi connectivity index (χ1n) is 13.0. The molecule has 0 saturated heterocycles. The Balaban J connectivity index is 0.000000470. The minimum atomic E-state index is -5.08. The summed E-state index contributed by atoms with van der Waals surface area (Å²) in [5.74, 6) is -1.12. The van der Waals surface area contributed by atoms with Gasteiger partial charge in [-0.3, -0.25) is 5.41 Å². The first kappa shape index (κ1) is 29.0. The fraction of sp³-hybridized carbons (Fsp3) is 0.414. The molecule has 4 aliphatic rings. The van der Waals surface area contributed by atoms with Gasteiger partial charge in [0.25, 0.3) is 0 Å². The van der Waals surface area contributed by atoms with Gasteiger partial charge in [-0.05, 0) is 108 Å². The lowest BCUT2D eigenvalue weighted by Crippen LogP contribution is -2.48. The molecule has 40 heavy (non-hydrogen) atoms. The molecule has 4 bridgehead atoms. The van der Waals surface area contributed by atoms with Gasteiger partial charge in [-0.1, -0.05) is 18.2 Å². The number of rotatable bonds is 6. The van der Waals surface area contributed by atoms with E-state index in [9.17, 15) is 23.1 Å². The topological polar surface area (TPSA) is 157 Å². The second kappa shape index (κ2) is 11.2. The number of phenols is 1. The number of hydrogen-bond donors (Lipinski definition) is 6. The molecule has 0 spiro atoms. The van der Waals surface area contributed by atoms with Gasteiger partial charge >= 0.3 is 18.1 Å². The van der Waals surface area contributed by atoms with Crippen LogP contribution in [-0.4, -0.2) is 39.4 Å². The van der Waals surface area contributed by atoms with Crippen molar-refractivity contribution in [1.82, 2.24) is 5.32 Å². The lowest BCUT2D eigenvalue weighted by Gasteiger charge is -2.57. The molecule has 0 amide bonds. The van der Waals surface area contributed by atoms with Crippen LogP contribution >= 0.6 is 0 Å². The highest BCUT2D eigenvalue weighted by Crippen LogP contribution is 2.62. The zero-order chi connectivity index (χ0) is 29.2. The third-order valence-corrected chi connectivity index (χ3v) is 8.18. The molecule has 0 aromatic heterocycles. The summed E-state index contributed by atoms with van der Waals surface area (Å²) in [5.41, 5.74) is 10.4. The largest absolute Gasteiger partial charge is 0.508 e. The number of carboxylic acids is 2. The fourth-order valence-corrected chi connectivity index (χ4v) is 7.07. The summed E-state index contributed by atoms with van der Waals surface area (Å²) in [5, 5.41) is 37.4. The van der Waals surface area contributed by atoms with Gasteiger partial charge in [0, 0.05) is 18.2 Å². The van der Waals surface area contributed by atoms with Crippen molar-refractivity contribution in [3.05, 3.63) is 59.2 Å². The zero-order valence-corrected chi connectivity index (χ0v) is 21.7. The molecule has 0 heterocycles. The van der Waals surface area contributed by atoms with Gasteiger partial charge in [-0.2, -0.15) is 13.2 Å².